The number of benzene rings is 9. The first-order chi connectivity index (χ1) is 28.3. The first-order valence-electron chi connectivity index (χ1n) is 19.5. The van der Waals surface area contributed by atoms with Crippen molar-refractivity contribution < 1.29 is 4.42 Å². The van der Waals surface area contributed by atoms with Crippen LogP contribution >= 0.6 is 0 Å². The lowest BCUT2D eigenvalue weighted by molar-refractivity contribution is 0.669. The third-order valence-corrected chi connectivity index (χ3v) is 11.3. The molecule has 2 heteroatoms. The van der Waals surface area contributed by atoms with Gasteiger partial charge in [-0.25, -0.2) is 0 Å². The van der Waals surface area contributed by atoms with Crippen molar-refractivity contribution in [2.24, 2.45) is 0 Å². The third-order valence-electron chi connectivity index (χ3n) is 11.3. The van der Waals surface area contributed by atoms with Gasteiger partial charge < -0.3 is 9.32 Å². The fraction of sp³-hybridized carbons (Fsp3) is 0.0182. The first-order valence-corrected chi connectivity index (χ1v) is 19.5. The molecule has 10 aromatic rings. The fourth-order valence-corrected chi connectivity index (χ4v) is 8.51. The van der Waals surface area contributed by atoms with Crippen LogP contribution in [0.15, 0.2) is 241 Å². The second kappa shape index (κ2) is 14.7. The lowest BCUT2D eigenvalue weighted by Gasteiger charge is -2.37. The van der Waals surface area contributed by atoms with Crippen molar-refractivity contribution >= 4 is 39.0 Å². The number of fused-ring (bicyclic) bond motifs is 3. The van der Waals surface area contributed by atoms with Crippen LogP contribution < -0.4 is 4.90 Å². The molecule has 0 amide bonds. The lowest BCUT2D eigenvalue weighted by atomic mass is 9.65. The SMILES string of the molecule is c1ccc(-c2ccc(N(c3ccc(-c4ccc(C(c5ccccc5)(c5ccccc5)c5ccccc5)cc4)cc3)c3ccc4c(c3)oc3ccccc34)cc2)cc1. The Bertz CT molecular complexity index is 2800. The van der Waals surface area contributed by atoms with Crippen LogP contribution in [0.4, 0.5) is 17.1 Å². The highest BCUT2D eigenvalue weighted by atomic mass is 16.3. The molecule has 0 radical (unpaired) electrons. The van der Waals surface area contributed by atoms with Gasteiger partial charge in [-0.05, 0) is 87.0 Å². The van der Waals surface area contributed by atoms with Crippen LogP contribution in [0.25, 0.3) is 44.2 Å². The van der Waals surface area contributed by atoms with Gasteiger partial charge in [0, 0.05) is 33.9 Å². The molecular weight excluding hydrogens is 691 g/mol. The molecule has 0 saturated heterocycles. The molecule has 0 saturated carbocycles. The number of anilines is 3. The maximum absolute atomic E-state index is 6.36. The minimum Gasteiger partial charge on any atom is -0.456 e. The molecule has 0 bridgehead atoms. The van der Waals surface area contributed by atoms with E-state index in [0.717, 1.165) is 50.1 Å². The molecule has 0 atom stereocenters. The molecule has 0 N–H and O–H groups in total. The van der Waals surface area contributed by atoms with Gasteiger partial charge in [-0.15, -0.1) is 0 Å². The minimum atomic E-state index is -0.482. The van der Waals surface area contributed by atoms with Crippen LogP contribution in [-0.4, -0.2) is 0 Å². The number of hydrogen-bond acceptors (Lipinski definition) is 2. The van der Waals surface area contributed by atoms with E-state index in [9.17, 15) is 0 Å². The monoisotopic (exact) mass is 729 g/mol. The first kappa shape index (κ1) is 34.1. The van der Waals surface area contributed by atoms with Crippen LogP contribution in [0.1, 0.15) is 22.3 Å². The van der Waals surface area contributed by atoms with E-state index in [1.807, 2.05) is 12.1 Å². The van der Waals surface area contributed by atoms with E-state index in [2.05, 4.69) is 229 Å². The normalized spacial score (nSPS) is 11.5. The lowest BCUT2D eigenvalue weighted by Crippen LogP contribution is -2.30. The van der Waals surface area contributed by atoms with Crippen LogP contribution in [0.5, 0.6) is 0 Å². The van der Waals surface area contributed by atoms with Crippen molar-refractivity contribution in [2.45, 2.75) is 5.41 Å². The molecule has 1 heterocycles. The molecule has 0 fully saturated rings. The Hall–Kier alpha value is -7.42. The maximum atomic E-state index is 6.36. The van der Waals surface area contributed by atoms with E-state index in [1.54, 1.807) is 0 Å². The molecule has 0 unspecified atom stereocenters. The average molecular weight is 730 g/mol. The zero-order chi connectivity index (χ0) is 38.0. The summed E-state index contributed by atoms with van der Waals surface area (Å²) < 4.78 is 6.36. The Morgan fingerprint density at radius 1 is 0.281 bits per heavy atom. The summed E-state index contributed by atoms with van der Waals surface area (Å²) in [4.78, 5) is 2.31. The Morgan fingerprint density at radius 2 is 0.649 bits per heavy atom. The van der Waals surface area contributed by atoms with Crippen molar-refractivity contribution in [3.8, 4) is 22.3 Å². The zero-order valence-corrected chi connectivity index (χ0v) is 31.4. The van der Waals surface area contributed by atoms with Crippen molar-refractivity contribution in [3.05, 3.63) is 259 Å². The Kier molecular flexibility index (Phi) is 8.78. The van der Waals surface area contributed by atoms with Crippen molar-refractivity contribution in [1.29, 1.82) is 0 Å². The highest BCUT2D eigenvalue weighted by molar-refractivity contribution is 6.06. The Balaban J connectivity index is 1.04. The predicted molar refractivity (Wildman–Crippen MR) is 238 cm³/mol. The van der Waals surface area contributed by atoms with Gasteiger partial charge in [-0.1, -0.05) is 188 Å². The smallest absolute Gasteiger partial charge is 0.137 e. The molecule has 0 aliphatic rings. The molecule has 0 aliphatic carbocycles. The van der Waals surface area contributed by atoms with Gasteiger partial charge in [0.05, 0.1) is 5.41 Å². The summed E-state index contributed by atoms with van der Waals surface area (Å²) in [7, 11) is 0. The molecule has 270 valence electrons. The van der Waals surface area contributed by atoms with Crippen molar-refractivity contribution in [1.82, 2.24) is 0 Å². The van der Waals surface area contributed by atoms with Crippen LogP contribution in [0.2, 0.25) is 0 Å². The molecule has 57 heavy (non-hydrogen) atoms. The summed E-state index contributed by atoms with van der Waals surface area (Å²) >= 11 is 0. The molecule has 0 spiro atoms. The number of hydrogen-bond donors (Lipinski definition) is 0. The number of rotatable bonds is 9. The maximum Gasteiger partial charge on any atom is 0.137 e. The quantitative estimate of drug-likeness (QED) is 0.138. The summed E-state index contributed by atoms with van der Waals surface area (Å²) in [5.41, 5.74) is 14.1. The number of para-hydroxylation sites is 1. The minimum absolute atomic E-state index is 0.482. The average Bonchev–Trinajstić information content (AvgIpc) is 3.67. The Labute approximate surface area is 333 Å². The molecule has 9 aromatic carbocycles. The molecule has 2 nitrogen and oxygen atoms in total. The van der Waals surface area contributed by atoms with E-state index in [1.165, 1.54) is 33.4 Å². The fourth-order valence-electron chi connectivity index (χ4n) is 8.51. The largest absolute Gasteiger partial charge is 0.456 e. The molecule has 10 rings (SSSR count). The van der Waals surface area contributed by atoms with Gasteiger partial charge in [-0.2, -0.15) is 0 Å². The van der Waals surface area contributed by atoms with E-state index < -0.39 is 5.41 Å². The predicted octanol–water partition coefficient (Wildman–Crippen LogP) is 14.8. The van der Waals surface area contributed by atoms with Gasteiger partial charge >= 0.3 is 0 Å². The van der Waals surface area contributed by atoms with E-state index in [4.69, 9.17) is 4.42 Å². The molecule has 0 aliphatic heterocycles. The van der Waals surface area contributed by atoms with Crippen LogP contribution in [-0.2, 0) is 5.41 Å². The topological polar surface area (TPSA) is 16.4 Å². The van der Waals surface area contributed by atoms with E-state index >= 15 is 0 Å². The summed E-state index contributed by atoms with van der Waals surface area (Å²) in [6.45, 7) is 0. The summed E-state index contributed by atoms with van der Waals surface area (Å²) in [6, 6.07) is 84.8. The summed E-state index contributed by atoms with van der Waals surface area (Å²) in [6.07, 6.45) is 0. The highest BCUT2D eigenvalue weighted by Crippen LogP contribution is 2.46. The molecule has 1 aromatic heterocycles. The van der Waals surface area contributed by atoms with E-state index in [0.29, 0.717) is 0 Å². The van der Waals surface area contributed by atoms with Crippen molar-refractivity contribution in [3.63, 3.8) is 0 Å². The standard InChI is InChI=1S/C55H39NO/c1-5-15-40(16-6-1)42-27-33-48(34-28-42)56(50-37-38-52-51-23-13-14-24-53(51)57-54(52)39-50)49-35-29-43(30-36-49)41-25-31-47(32-26-41)55(44-17-7-2-8-18-44,45-19-9-3-10-20-45)46-21-11-4-12-22-46/h1-39H. The van der Waals surface area contributed by atoms with Crippen LogP contribution in [0.3, 0.4) is 0 Å². The van der Waals surface area contributed by atoms with Gasteiger partial charge in [0.1, 0.15) is 11.2 Å². The number of furan rings is 1. The third kappa shape index (κ3) is 6.18. The second-order valence-corrected chi connectivity index (χ2v) is 14.5. The van der Waals surface area contributed by atoms with Crippen molar-refractivity contribution in [2.75, 3.05) is 4.90 Å². The van der Waals surface area contributed by atoms with Gasteiger partial charge in [-0.3, -0.25) is 0 Å². The van der Waals surface area contributed by atoms with Crippen LogP contribution in [0, 0.1) is 0 Å². The Morgan fingerprint density at radius 3 is 1.16 bits per heavy atom. The summed E-state index contributed by atoms with van der Waals surface area (Å²) in [5, 5.41) is 2.24. The second-order valence-electron chi connectivity index (χ2n) is 14.5. The highest BCUT2D eigenvalue weighted by Gasteiger charge is 2.38. The summed E-state index contributed by atoms with van der Waals surface area (Å²) in [5.74, 6) is 0. The molecular formula is C55H39NO. The van der Waals surface area contributed by atoms with Gasteiger partial charge in [0.25, 0.3) is 0 Å². The van der Waals surface area contributed by atoms with Gasteiger partial charge in [0.2, 0.25) is 0 Å². The van der Waals surface area contributed by atoms with Gasteiger partial charge in [0.15, 0.2) is 0 Å². The van der Waals surface area contributed by atoms with E-state index in [-0.39, 0.29) is 0 Å². The number of nitrogens with zero attached hydrogens (tertiary/aromatic N) is 1. The zero-order valence-electron chi connectivity index (χ0n) is 31.4.